The zero-order valence-electron chi connectivity index (χ0n) is 34.9. The third-order valence-electron chi connectivity index (χ3n) is 9.22. The summed E-state index contributed by atoms with van der Waals surface area (Å²) in [4.78, 5) is 78.1. The van der Waals surface area contributed by atoms with Crippen molar-refractivity contribution in [1.82, 2.24) is 0 Å². The summed E-state index contributed by atoms with van der Waals surface area (Å²) >= 11 is 30.8. The molecule has 4 atom stereocenters. The van der Waals surface area contributed by atoms with Crippen LogP contribution in [0, 0.1) is 0 Å². The quantitative estimate of drug-likeness (QED) is 0.0379. The summed E-state index contributed by atoms with van der Waals surface area (Å²) in [5, 5.41) is 26.3. The van der Waals surface area contributed by atoms with Gasteiger partial charge in [-0.3, -0.25) is 28.8 Å². The maximum absolute atomic E-state index is 13.4. The van der Waals surface area contributed by atoms with Gasteiger partial charge in [-0.2, -0.15) is 20.5 Å². The molecule has 65 heavy (non-hydrogen) atoms. The van der Waals surface area contributed by atoms with Crippen LogP contribution in [0.3, 0.4) is 0 Å². The average Bonchev–Trinajstić information content (AvgIpc) is 3.26. The van der Waals surface area contributed by atoms with E-state index in [4.69, 9.17) is 62.7 Å². The van der Waals surface area contributed by atoms with Crippen molar-refractivity contribution in [2.24, 2.45) is 20.5 Å². The van der Waals surface area contributed by atoms with E-state index in [-0.39, 0.29) is 60.4 Å². The molecule has 0 aliphatic heterocycles. The molecule has 5 rings (SSSR count). The Hall–Kier alpha value is -6.23. The van der Waals surface area contributed by atoms with Gasteiger partial charge in [0.1, 0.15) is 17.1 Å². The van der Waals surface area contributed by atoms with E-state index in [1.165, 1.54) is 54.6 Å². The number of rotatable bonds is 18. The van der Waals surface area contributed by atoms with Crippen molar-refractivity contribution < 1.29 is 33.5 Å². The number of amides is 4. The Morgan fingerprint density at radius 2 is 0.969 bits per heavy atom. The highest BCUT2D eigenvalue weighted by molar-refractivity contribution is 6.33. The minimum Gasteiger partial charge on any atom is -0.476 e. The Morgan fingerprint density at radius 1 is 0.554 bits per heavy atom. The molecule has 15 nitrogen and oxygen atoms in total. The van der Waals surface area contributed by atoms with Crippen LogP contribution in [0.15, 0.2) is 124 Å². The maximum Gasteiger partial charge on any atom is 0.258 e. The lowest BCUT2D eigenvalue weighted by Crippen LogP contribution is -2.32. The molecule has 0 saturated heterocycles. The molecule has 5 aromatic rings. The predicted octanol–water partition coefficient (Wildman–Crippen LogP) is 12.0. The molecular formula is C45H39Cl5N8O7. The fraction of sp³-hybridized carbons (Fsp3) is 0.200. The highest BCUT2D eigenvalue weighted by atomic mass is 35.5. The molecule has 336 valence electrons. The summed E-state index contributed by atoms with van der Waals surface area (Å²) in [6.07, 6.45) is 0. The van der Waals surface area contributed by atoms with Crippen LogP contribution < -0.4 is 26.0 Å². The van der Waals surface area contributed by atoms with E-state index in [9.17, 15) is 28.8 Å². The van der Waals surface area contributed by atoms with Gasteiger partial charge >= 0.3 is 0 Å². The van der Waals surface area contributed by atoms with Crippen LogP contribution in [0.4, 0.5) is 34.1 Å². The standard InChI is InChI=1S/C45H39Cl5N8O7/c1-23(47)27-5-11-31(12-6-27)51-42(61)29-9-16-34(49)37(19-29)55-57-40(25(3)59)44(63)53-33-15-18-36(39(21-33)65-22-46)54-45(64)41(26(4)60)58-56-38-20-30(10-17-35(38)50)43(62)52-32-13-7-28(8-14-32)24(2)48/h5-21,23-24,40-41H,22H2,1-4H3,(H,51,61)(H,52,62)(H,53,63)(H,54,64). The first kappa shape index (κ1) is 49.8. The number of ketones is 2. The van der Waals surface area contributed by atoms with Crippen LogP contribution in [0.5, 0.6) is 5.75 Å². The van der Waals surface area contributed by atoms with Crippen molar-refractivity contribution in [3.63, 3.8) is 0 Å². The fourth-order valence-corrected chi connectivity index (χ4v) is 6.42. The van der Waals surface area contributed by atoms with Gasteiger partial charge in [-0.1, -0.05) is 59.1 Å². The Balaban J connectivity index is 1.26. The van der Waals surface area contributed by atoms with E-state index in [1.54, 1.807) is 48.5 Å². The van der Waals surface area contributed by atoms with Gasteiger partial charge in [0.25, 0.3) is 23.6 Å². The Labute approximate surface area is 398 Å². The van der Waals surface area contributed by atoms with E-state index < -0.39 is 53.3 Å². The number of carbonyl (C=O) groups is 6. The summed E-state index contributed by atoms with van der Waals surface area (Å²) in [6, 6.07) is 22.8. The molecule has 5 aromatic carbocycles. The van der Waals surface area contributed by atoms with Gasteiger partial charge in [0.2, 0.25) is 12.1 Å². The summed E-state index contributed by atoms with van der Waals surface area (Å²) < 4.78 is 5.49. The second kappa shape index (κ2) is 23.1. The first-order valence-corrected chi connectivity index (χ1v) is 21.6. The number of Topliss-reactive ketones (excluding diaryl/α,β-unsaturated/α-hetero) is 2. The van der Waals surface area contributed by atoms with Crippen LogP contribution in [-0.2, 0) is 19.2 Å². The lowest BCUT2D eigenvalue weighted by atomic mass is 10.1. The van der Waals surface area contributed by atoms with E-state index in [0.717, 1.165) is 25.0 Å². The van der Waals surface area contributed by atoms with Gasteiger partial charge < -0.3 is 26.0 Å². The lowest BCUT2D eigenvalue weighted by molar-refractivity contribution is -0.127. The summed E-state index contributed by atoms with van der Waals surface area (Å²) in [5.74, 6) is -4.14. The number of anilines is 4. The molecular weight excluding hydrogens is 942 g/mol. The molecule has 0 radical (unpaired) electrons. The molecule has 0 bridgehead atoms. The molecule has 4 unspecified atom stereocenters. The molecule has 0 aromatic heterocycles. The third-order valence-corrected chi connectivity index (χ3v) is 10.5. The molecule has 0 saturated carbocycles. The minimum atomic E-state index is -1.67. The van der Waals surface area contributed by atoms with E-state index in [2.05, 4.69) is 41.7 Å². The highest BCUT2D eigenvalue weighted by Gasteiger charge is 2.27. The first-order chi connectivity index (χ1) is 30.9. The van der Waals surface area contributed by atoms with Gasteiger partial charge in [0, 0.05) is 34.3 Å². The smallest absolute Gasteiger partial charge is 0.258 e. The molecule has 0 heterocycles. The third kappa shape index (κ3) is 13.9. The normalized spacial score (nSPS) is 13.1. The van der Waals surface area contributed by atoms with Gasteiger partial charge in [-0.05, 0) is 112 Å². The molecule has 4 amide bonds. The van der Waals surface area contributed by atoms with Gasteiger partial charge in [0.05, 0.1) is 26.5 Å². The molecule has 4 N–H and O–H groups in total. The maximum atomic E-state index is 13.4. The Morgan fingerprint density at radius 3 is 1.37 bits per heavy atom. The number of hydrogen-bond acceptors (Lipinski definition) is 11. The number of hydrogen-bond donors (Lipinski definition) is 4. The fourth-order valence-electron chi connectivity index (χ4n) is 5.70. The van der Waals surface area contributed by atoms with Crippen molar-refractivity contribution in [3.8, 4) is 5.75 Å². The van der Waals surface area contributed by atoms with E-state index >= 15 is 0 Å². The second-order valence-corrected chi connectivity index (χ2v) is 16.5. The summed E-state index contributed by atoms with van der Waals surface area (Å²) in [6.45, 7) is 5.93. The van der Waals surface area contributed by atoms with Crippen LogP contribution in [0.2, 0.25) is 10.0 Å². The average molecular weight is 981 g/mol. The number of nitrogens with zero attached hydrogens (tertiary/aromatic N) is 4. The number of halogens is 5. The Kier molecular flexibility index (Phi) is 17.7. The number of nitrogens with one attached hydrogen (secondary N) is 4. The van der Waals surface area contributed by atoms with Gasteiger partial charge in [-0.25, -0.2) is 0 Å². The molecule has 0 aliphatic carbocycles. The van der Waals surface area contributed by atoms with E-state index in [0.29, 0.717) is 11.4 Å². The van der Waals surface area contributed by atoms with Gasteiger partial charge in [0.15, 0.2) is 17.6 Å². The monoisotopic (exact) mass is 978 g/mol. The van der Waals surface area contributed by atoms with Crippen LogP contribution >= 0.6 is 58.0 Å². The van der Waals surface area contributed by atoms with Crippen LogP contribution in [0.1, 0.15) is 70.3 Å². The molecule has 0 aliphatic rings. The number of ether oxygens (including phenoxy) is 1. The molecule has 20 heteroatoms. The zero-order valence-corrected chi connectivity index (χ0v) is 38.6. The number of azo groups is 2. The van der Waals surface area contributed by atoms with Crippen molar-refractivity contribution in [2.45, 2.75) is 50.5 Å². The topological polar surface area (TPSA) is 209 Å². The lowest BCUT2D eigenvalue weighted by Gasteiger charge is -2.15. The summed E-state index contributed by atoms with van der Waals surface area (Å²) in [7, 11) is 0. The molecule has 0 spiro atoms. The highest BCUT2D eigenvalue weighted by Crippen LogP contribution is 2.32. The number of alkyl halides is 3. The minimum absolute atomic E-state index is 0.0129. The van der Waals surface area contributed by atoms with Gasteiger partial charge in [-0.15, -0.1) is 23.2 Å². The SMILES string of the molecule is CC(=O)C(N=Nc1cc(C(=O)Nc2ccc(C(C)Cl)cc2)ccc1Cl)C(=O)Nc1ccc(NC(=O)C(N=Nc2cc(C(=O)Nc3ccc(C(C)Cl)cc3)ccc2Cl)C(C)=O)c(OCCl)c1. The van der Waals surface area contributed by atoms with Crippen LogP contribution in [0.25, 0.3) is 0 Å². The van der Waals surface area contributed by atoms with Crippen molar-refractivity contribution in [1.29, 1.82) is 0 Å². The predicted molar refractivity (Wildman–Crippen MR) is 253 cm³/mol. The first-order valence-electron chi connectivity index (χ1n) is 19.4. The summed E-state index contributed by atoms with van der Waals surface area (Å²) in [5.41, 5.74) is 3.31. The largest absolute Gasteiger partial charge is 0.476 e. The Bertz CT molecular complexity index is 2660. The number of benzene rings is 5. The number of carbonyl (C=O) groups excluding carboxylic acids is 6. The van der Waals surface area contributed by atoms with Crippen molar-refractivity contribution >= 4 is 127 Å². The van der Waals surface area contributed by atoms with Crippen molar-refractivity contribution in [2.75, 3.05) is 27.3 Å². The second-order valence-electron chi connectivity index (χ2n) is 14.1. The van der Waals surface area contributed by atoms with E-state index in [1.807, 2.05) is 13.8 Å². The van der Waals surface area contributed by atoms with Crippen LogP contribution in [-0.4, -0.2) is 53.3 Å². The van der Waals surface area contributed by atoms with Crippen molar-refractivity contribution in [3.05, 3.63) is 135 Å². The molecule has 0 fully saturated rings. The zero-order chi connectivity index (χ0) is 47.4.